The van der Waals surface area contributed by atoms with Crippen molar-refractivity contribution >= 4 is 18.1 Å². The van der Waals surface area contributed by atoms with E-state index >= 15 is 0 Å². The van der Waals surface area contributed by atoms with Crippen molar-refractivity contribution in [3.8, 4) is 6.07 Å². The van der Waals surface area contributed by atoms with Crippen molar-refractivity contribution in [3.05, 3.63) is 18.0 Å². The molecule has 1 fully saturated rings. The Bertz CT molecular complexity index is 586. The van der Waals surface area contributed by atoms with Gasteiger partial charge in [0.25, 0.3) is 5.91 Å². The summed E-state index contributed by atoms with van der Waals surface area (Å²) in [5.41, 5.74) is 5.90. The Kier molecular flexibility index (Phi) is 5.82. The van der Waals surface area contributed by atoms with Crippen LogP contribution in [0.15, 0.2) is 17.5 Å². The monoisotopic (exact) mass is 317 g/mol. The van der Waals surface area contributed by atoms with Crippen molar-refractivity contribution in [1.29, 1.82) is 5.26 Å². The van der Waals surface area contributed by atoms with Gasteiger partial charge in [-0.3, -0.25) is 4.79 Å². The lowest BCUT2D eigenvalue weighted by molar-refractivity contribution is -0.136. The number of aromatic nitrogens is 2. The Morgan fingerprint density at radius 2 is 2.13 bits per heavy atom. The highest BCUT2D eigenvalue weighted by molar-refractivity contribution is 5.77. The van der Waals surface area contributed by atoms with Gasteiger partial charge in [-0.25, -0.2) is 9.97 Å². The van der Waals surface area contributed by atoms with Crippen LogP contribution in [0.1, 0.15) is 12.5 Å². The largest absolute Gasteiger partial charge is 0.386 e. The molecular formula is C14H19N7O2. The number of nitriles is 1. The summed E-state index contributed by atoms with van der Waals surface area (Å²) in [5.74, 6) is 0.445. The average Bonchev–Trinajstić information content (AvgIpc) is 2.58. The van der Waals surface area contributed by atoms with Crippen molar-refractivity contribution in [3.63, 3.8) is 0 Å². The van der Waals surface area contributed by atoms with Crippen LogP contribution < -0.4 is 10.6 Å². The summed E-state index contributed by atoms with van der Waals surface area (Å²) in [6.45, 7) is 4.03. The Balaban J connectivity index is 1.78. The summed E-state index contributed by atoms with van der Waals surface area (Å²) in [6, 6.07) is 1.77. The number of piperazine rings is 1. The zero-order valence-electron chi connectivity index (χ0n) is 12.9. The summed E-state index contributed by atoms with van der Waals surface area (Å²) in [7, 11) is 0. The number of nitrogens with zero attached hydrogens (tertiary/aromatic N) is 6. The van der Waals surface area contributed by atoms with Gasteiger partial charge in [0.2, 0.25) is 5.95 Å². The Labute approximate surface area is 134 Å². The van der Waals surface area contributed by atoms with Gasteiger partial charge in [0.05, 0.1) is 24.2 Å². The molecule has 0 aromatic carbocycles. The Morgan fingerprint density at radius 1 is 1.48 bits per heavy atom. The molecule has 1 aromatic heterocycles. The number of oxime groups is 1. The van der Waals surface area contributed by atoms with E-state index in [9.17, 15) is 4.79 Å². The van der Waals surface area contributed by atoms with Crippen LogP contribution in [-0.4, -0.2) is 65.8 Å². The minimum Gasteiger partial charge on any atom is -0.386 e. The highest BCUT2D eigenvalue weighted by Crippen LogP contribution is 2.10. The first-order valence-electron chi connectivity index (χ1n) is 7.26. The van der Waals surface area contributed by atoms with Crippen LogP contribution in [0.5, 0.6) is 0 Å². The zero-order valence-corrected chi connectivity index (χ0v) is 12.9. The zero-order chi connectivity index (χ0) is 16.7. The molecule has 23 heavy (non-hydrogen) atoms. The number of hydrogen-bond acceptors (Lipinski definition) is 8. The molecular weight excluding hydrogens is 298 g/mol. The fraction of sp³-hybridized carbons (Fsp3) is 0.500. The normalized spacial score (nSPS) is 16.2. The van der Waals surface area contributed by atoms with Gasteiger partial charge in [-0.2, -0.15) is 5.26 Å². The van der Waals surface area contributed by atoms with Crippen molar-refractivity contribution in [2.75, 3.05) is 37.7 Å². The molecule has 0 aliphatic carbocycles. The predicted octanol–water partition coefficient (Wildman–Crippen LogP) is -0.654. The molecule has 0 unspecified atom stereocenters. The molecule has 0 saturated carbocycles. The fourth-order valence-electron chi connectivity index (χ4n) is 2.02. The van der Waals surface area contributed by atoms with Gasteiger partial charge >= 0.3 is 0 Å². The van der Waals surface area contributed by atoms with Crippen molar-refractivity contribution in [2.24, 2.45) is 10.9 Å². The molecule has 122 valence electrons. The number of rotatable bonds is 5. The van der Waals surface area contributed by atoms with E-state index in [2.05, 4.69) is 15.1 Å². The number of carbonyl (C=O) groups is 1. The second-order valence-corrected chi connectivity index (χ2v) is 5.14. The number of amides is 1. The second kappa shape index (κ2) is 8.05. The molecule has 0 radical (unpaired) electrons. The van der Waals surface area contributed by atoms with Gasteiger partial charge in [0, 0.05) is 32.2 Å². The van der Waals surface area contributed by atoms with Gasteiger partial charge < -0.3 is 20.4 Å². The molecule has 2 rings (SSSR count). The van der Waals surface area contributed by atoms with Gasteiger partial charge in [0.15, 0.2) is 6.61 Å². The minimum atomic E-state index is -0.207. The molecule has 0 spiro atoms. The highest BCUT2D eigenvalue weighted by Gasteiger charge is 2.22. The summed E-state index contributed by atoms with van der Waals surface area (Å²) in [6.07, 6.45) is 4.42. The molecule has 1 aliphatic heterocycles. The van der Waals surface area contributed by atoms with E-state index in [1.165, 1.54) is 18.6 Å². The second-order valence-electron chi connectivity index (χ2n) is 5.14. The van der Waals surface area contributed by atoms with Crippen LogP contribution in [0.4, 0.5) is 5.95 Å². The third-order valence-electron chi connectivity index (χ3n) is 3.24. The van der Waals surface area contributed by atoms with E-state index in [0.717, 1.165) is 0 Å². The molecule has 1 aromatic rings. The lowest BCUT2D eigenvalue weighted by Crippen LogP contribution is -2.50. The maximum atomic E-state index is 12.0. The molecule has 1 atom stereocenters. The first-order chi connectivity index (χ1) is 11.1. The van der Waals surface area contributed by atoms with Crippen molar-refractivity contribution < 1.29 is 9.63 Å². The van der Waals surface area contributed by atoms with E-state index < -0.39 is 0 Å². The Morgan fingerprint density at radius 3 is 2.70 bits per heavy atom. The number of anilines is 1. The number of carbonyl (C=O) groups excluding carboxylic acids is 1. The molecule has 9 nitrogen and oxygen atoms in total. The quantitative estimate of drug-likeness (QED) is 0.565. The number of nitrogens with two attached hydrogens (primary N) is 1. The Hall–Kier alpha value is -2.73. The van der Waals surface area contributed by atoms with Crippen LogP contribution in [-0.2, 0) is 9.63 Å². The maximum Gasteiger partial charge on any atom is 0.263 e. The van der Waals surface area contributed by atoms with Crippen LogP contribution in [0, 0.1) is 11.3 Å². The summed E-state index contributed by atoms with van der Waals surface area (Å²) < 4.78 is 0. The molecule has 1 amide bonds. The standard InChI is InChI=1S/C14H19N7O2/c1-11(16)7-19-23-10-13(22)20-2-4-21(5-3-20)14-17-8-12(6-15)9-18-14/h7-9,11H,2-5,10,16H2,1H3/b19-7+/t11-/m0/s1. The van der Waals surface area contributed by atoms with Crippen molar-refractivity contribution in [2.45, 2.75) is 13.0 Å². The van der Waals surface area contributed by atoms with Crippen LogP contribution >= 0.6 is 0 Å². The molecule has 9 heteroatoms. The first-order valence-corrected chi connectivity index (χ1v) is 7.26. The SMILES string of the molecule is C[C@H](N)/C=N/OCC(=O)N1CCN(c2ncc(C#N)cn2)CC1. The average molecular weight is 317 g/mol. The van der Waals surface area contributed by atoms with Gasteiger partial charge in [0.1, 0.15) is 6.07 Å². The third-order valence-corrected chi connectivity index (χ3v) is 3.24. The topological polar surface area (TPSA) is 121 Å². The van der Waals surface area contributed by atoms with Crippen LogP contribution in [0.25, 0.3) is 0 Å². The molecule has 1 saturated heterocycles. The molecule has 2 N–H and O–H groups in total. The van der Waals surface area contributed by atoms with E-state index in [-0.39, 0.29) is 18.6 Å². The summed E-state index contributed by atoms with van der Waals surface area (Å²) >= 11 is 0. The maximum absolute atomic E-state index is 12.0. The molecule has 0 bridgehead atoms. The minimum absolute atomic E-state index is 0.101. The van der Waals surface area contributed by atoms with Crippen LogP contribution in [0.2, 0.25) is 0 Å². The van der Waals surface area contributed by atoms with Gasteiger partial charge in [-0.1, -0.05) is 5.16 Å². The summed E-state index contributed by atoms with van der Waals surface area (Å²) in [5, 5.41) is 12.4. The van der Waals surface area contributed by atoms with E-state index in [0.29, 0.717) is 37.7 Å². The lowest BCUT2D eigenvalue weighted by Gasteiger charge is -2.34. The molecule has 1 aliphatic rings. The fourth-order valence-corrected chi connectivity index (χ4v) is 2.02. The highest BCUT2D eigenvalue weighted by atomic mass is 16.6. The smallest absolute Gasteiger partial charge is 0.263 e. The van der Waals surface area contributed by atoms with Gasteiger partial charge in [-0.15, -0.1) is 0 Å². The van der Waals surface area contributed by atoms with E-state index in [1.54, 1.807) is 11.8 Å². The van der Waals surface area contributed by atoms with Crippen LogP contribution in [0.3, 0.4) is 0 Å². The van der Waals surface area contributed by atoms with E-state index in [4.69, 9.17) is 15.8 Å². The number of hydrogen-bond donors (Lipinski definition) is 1. The predicted molar refractivity (Wildman–Crippen MR) is 83.6 cm³/mol. The lowest BCUT2D eigenvalue weighted by atomic mass is 10.3. The first kappa shape index (κ1) is 16.6. The summed E-state index contributed by atoms with van der Waals surface area (Å²) in [4.78, 5) is 28.9. The van der Waals surface area contributed by atoms with Crippen molar-refractivity contribution in [1.82, 2.24) is 14.9 Å². The third kappa shape index (κ3) is 4.89. The van der Waals surface area contributed by atoms with Gasteiger partial charge in [-0.05, 0) is 6.92 Å². The molecule has 2 heterocycles. The van der Waals surface area contributed by atoms with E-state index in [1.807, 2.05) is 11.0 Å².